The second-order valence-corrected chi connectivity index (χ2v) is 14.9. The highest BCUT2D eigenvalue weighted by Crippen LogP contribution is 2.43. The first-order valence-corrected chi connectivity index (χ1v) is 16.6. The number of rotatable bonds is 3. The normalized spacial score (nSPS) is 12.4. The largest absolute Gasteiger partial charge is 0.307 e. The van der Waals surface area contributed by atoms with E-state index in [4.69, 9.17) is 4.98 Å². The van der Waals surface area contributed by atoms with Crippen LogP contribution in [0.25, 0.3) is 66.1 Å². The Bertz CT molecular complexity index is 2440. The molecule has 0 amide bonds. The lowest BCUT2D eigenvalue weighted by Gasteiger charge is -2.22. The Labute approximate surface area is 281 Å². The number of pyridine rings is 1. The topological polar surface area (TPSA) is 46.5 Å². The Balaban J connectivity index is 1.57. The number of nitrogens with zero attached hydrogens (tertiary/aromatic N) is 4. The van der Waals surface area contributed by atoms with Gasteiger partial charge >= 0.3 is 0 Å². The van der Waals surface area contributed by atoms with E-state index in [1.165, 1.54) is 32.7 Å². The number of nitriles is 1. The Morgan fingerprint density at radius 1 is 0.521 bits per heavy atom. The zero-order valence-corrected chi connectivity index (χ0v) is 28.3. The van der Waals surface area contributed by atoms with Gasteiger partial charge in [0.2, 0.25) is 0 Å². The van der Waals surface area contributed by atoms with E-state index in [0.717, 1.165) is 44.6 Å². The highest BCUT2D eigenvalue weighted by molar-refractivity contribution is 6.12. The minimum Gasteiger partial charge on any atom is -0.307 e. The summed E-state index contributed by atoms with van der Waals surface area (Å²) in [5, 5.41) is 15.2. The van der Waals surface area contributed by atoms with Gasteiger partial charge in [0, 0.05) is 32.7 Å². The summed E-state index contributed by atoms with van der Waals surface area (Å²) in [6.07, 6.45) is 3.94. The molecule has 3 heterocycles. The van der Waals surface area contributed by atoms with Crippen LogP contribution in [0.2, 0.25) is 0 Å². The van der Waals surface area contributed by atoms with Gasteiger partial charge in [-0.3, -0.25) is 4.98 Å². The summed E-state index contributed by atoms with van der Waals surface area (Å²) in [7, 11) is 0. The van der Waals surface area contributed by atoms with Crippen LogP contribution in [-0.4, -0.2) is 14.1 Å². The average Bonchev–Trinajstić information content (AvgIpc) is 3.59. The van der Waals surface area contributed by atoms with Gasteiger partial charge < -0.3 is 9.13 Å². The molecule has 48 heavy (non-hydrogen) atoms. The van der Waals surface area contributed by atoms with Gasteiger partial charge in [0.25, 0.3) is 0 Å². The summed E-state index contributed by atoms with van der Waals surface area (Å²) in [6.45, 7) is 13.5. The summed E-state index contributed by atoms with van der Waals surface area (Å²) in [5.74, 6) is 0. The summed E-state index contributed by atoms with van der Waals surface area (Å²) in [6, 6.07) is 41.3. The third-order valence-corrected chi connectivity index (χ3v) is 9.78. The van der Waals surface area contributed by atoms with Gasteiger partial charge in [0.15, 0.2) is 0 Å². The molecule has 4 nitrogen and oxygen atoms in total. The zero-order chi connectivity index (χ0) is 33.4. The molecule has 5 aromatic carbocycles. The fourth-order valence-electron chi connectivity index (χ4n) is 7.25. The molecule has 4 heteroatoms. The van der Waals surface area contributed by atoms with Crippen molar-refractivity contribution in [2.45, 2.75) is 52.4 Å². The second-order valence-electron chi connectivity index (χ2n) is 14.9. The van der Waals surface area contributed by atoms with Crippen LogP contribution in [0.4, 0.5) is 0 Å². The molecule has 8 rings (SSSR count). The lowest BCUT2D eigenvalue weighted by Crippen LogP contribution is -2.11. The molecule has 0 radical (unpaired) electrons. The van der Waals surface area contributed by atoms with Crippen LogP contribution in [0.1, 0.15) is 58.2 Å². The SMILES string of the molecule is CC(C)(C)c1ccc2c3ccccc3n(-c3cncc(-n4c5ccccc5c5ccc(C(C)(C)C)cc54)c3-c3ccccc3C#N)c2c1. The lowest BCUT2D eigenvalue weighted by molar-refractivity contribution is 0.590. The maximum atomic E-state index is 10.5. The highest BCUT2D eigenvalue weighted by Gasteiger charge is 2.25. The fourth-order valence-corrected chi connectivity index (χ4v) is 7.25. The molecule has 0 fully saturated rings. The van der Waals surface area contributed by atoms with Crippen LogP contribution in [0.5, 0.6) is 0 Å². The molecule has 8 aromatic rings. The average molecular weight is 623 g/mol. The summed E-state index contributed by atoms with van der Waals surface area (Å²) in [4.78, 5) is 4.98. The smallest absolute Gasteiger partial charge is 0.0998 e. The summed E-state index contributed by atoms with van der Waals surface area (Å²) >= 11 is 0. The minimum absolute atomic E-state index is 0.0282. The van der Waals surface area contributed by atoms with Gasteiger partial charge in [0.05, 0.1) is 57.5 Å². The first-order valence-electron chi connectivity index (χ1n) is 16.6. The predicted molar refractivity (Wildman–Crippen MR) is 200 cm³/mol. The Hall–Kier alpha value is -5.66. The molecule has 234 valence electrons. The molecular weight excluding hydrogens is 585 g/mol. The summed E-state index contributed by atoms with van der Waals surface area (Å²) in [5.41, 5.74) is 11.3. The van der Waals surface area contributed by atoms with Crippen molar-refractivity contribution in [3.05, 3.63) is 138 Å². The number of benzene rings is 5. The van der Waals surface area contributed by atoms with Crippen LogP contribution < -0.4 is 0 Å². The molecule has 0 aliphatic carbocycles. The molecule has 3 aromatic heterocycles. The summed E-state index contributed by atoms with van der Waals surface area (Å²) < 4.78 is 4.71. The number of hydrogen-bond acceptors (Lipinski definition) is 2. The predicted octanol–water partition coefficient (Wildman–Crippen LogP) is 11.4. The Morgan fingerprint density at radius 2 is 0.958 bits per heavy atom. The molecule has 0 unspecified atom stereocenters. The van der Waals surface area contributed by atoms with E-state index in [-0.39, 0.29) is 10.8 Å². The van der Waals surface area contributed by atoms with Crippen molar-refractivity contribution < 1.29 is 0 Å². The molecule has 0 N–H and O–H groups in total. The number of hydrogen-bond donors (Lipinski definition) is 0. The monoisotopic (exact) mass is 622 g/mol. The third-order valence-electron chi connectivity index (χ3n) is 9.78. The van der Waals surface area contributed by atoms with Crippen LogP contribution >= 0.6 is 0 Å². The fraction of sp³-hybridized carbons (Fsp3) is 0.182. The maximum absolute atomic E-state index is 10.5. The van der Waals surface area contributed by atoms with E-state index < -0.39 is 0 Å². The Kier molecular flexibility index (Phi) is 6.62. The number of aromatic nitrogens is 3. The second kappa shape index (κ2) is 10.7. The van der Waals surface area contributed by atoms with E-state index in [1.54, 1.807) is 0 Å². The van der Waals surface area contributed by atoms with Gasteiger partial charge in [-0.05, 0) is 52.3 Å². The van der Waals surface area contributed by atoms with Crippen molar-refractivity contribution >= 4 is 43.6 Å². The minimum atomic E-state index is -0.0282. The molecule has 0 saturated heterocycles. The van der Waals surface area contributed by atoms with Crippen LogP contribution in [0, 0.1) is 11.3 Å². The Morgan fingerprint density at radius 3 is 1.44 bits per heavy atom. The molecule has 0 bridgehead atoms. The number of fused-ring (bicyclic) bond motifs is 6. The van der Waals surface area contributed by atoms with E-state index in [2.05, 4.69) is 148 Å². The first-order chi connectivity index (χ1) is 23.1. The lowest BCUT2D eigenvalue weighted by atomic mass is 9.86. The van der Waals surface area contributed by atoms with Crippen LogP contribution in [0.3, 0.4) is 0 Å². The van der Waals surface area contributed by atoms with Crippen LogP contribution in [-0.2, 0) is 10.8 Å². The van der Waals surface area contributed by atoms with Crippen molar-refractivity contribution in [2.75, 3.05) is 0 Å². The van der Waals surface area contributed by atoms with Crippen molar-refractivity contribution in [2.24, 2.45) is 0 Å². The van der Waals surface area contributed by atoms with Gasteiger partial charge in [-0.2, -0.15) is 5.26 Å². The van der Waals surface area contributed by atoms with E-state index >= 15 is 0 Å². The molecular formula is C44H38N4. The molecule has 0 aliphatic rings. The quantitative estimate of drug-likeness (QED) is 0.197. The van der Waals surface area contributed by atoms with Crippen molar-refractivity contribution in [1.29, 1.82) is 5.26 Å². The third kappa shape index (κ3) is 4.53. The van der Waals surface area contributed by atoms with E-state index in [1.807, 2.05) is 30.6 Å². The van der Waals surface area contributed by atoms with Gasteiger partial charge in [-0.15, -0.1) is 0 Å². The van der Waals surface area contributed by atoms with Crippen molar-refractivity contribution in [1.82, 2.24) is 14.1 Å². The highest BCUT2D eigenvalue weighted by atomic mass is 15.0. The van der Waals surface area contributed by atoms with Crippen LogP contribution in [0.15, 0.2) is 122 Å². The molecule has 0 atom stereocenters. The van der Waals surface area contributed by atoms with Gasteiger partial charge in [-0.25, -0.2) is 0 Å². The molecule has 0 saturated carbocycles. The zero-order valence-electron chi connectivity index (χ0n) is 28.3. The van der Waals surface area contributed by atoms with Gasteiger partial charge in [0.1, 0.15) is 0 Å². The molecule has 0 spiro atoms. The number of para-hydroxylation sites is 2. The van der Waals surface area contributed by atoms with Gasteiger partial charge in [-0.1, -0.05) is 120 Å². The van der Waals surface area contributed by atoms with E-state index in [9.17, 15) is 5.26 Å². The first kappa shape index (κ1) is 29.7. The standard InChI is InChI=1S/C44H38N4/c1-43(2,3)29-19-21-34-32-15-9-11-17-36(32)47(38(34)23-29)40-26-46-27-41(42(40)31-14-8-7-13-28(31)25-45)48-37-18-12-10-16-33(37)35-22-20-30(24-39(35)48)44(4,5)6/h7-24,26-27H,1-6H3. The molecule has 0 aliphatic heterocycles. The van der Waals surface area contributed by atoms with E-state index in [0.29, 0.717) is 5.56 Å². The maximum Gasteiger partial charge on any atom is 0.0998 e. The van der Waals surface area contributed by atoms with Crippen molar-refractivity contribution in [3.8, 4) is 28.6 Å². The van der Waals surface area contributed by atoms with Crippen molar-refractivity contribution in [3.63, 3.8) is 0 Å².